The molecule has 0 bridgehead atoms. The monoisotopic (exact) mass is 511 g/mol. The molecular formula is C24H28F3N3O4S. The van der Waals surface area contributed by atoms with Crippen molar-refractivity contribution in [3.8, 4) is 22.4 Å². The molecule has 3 rings (SSSR count). The first kappa shape index (κ1) is 26.9. The van der Waals surface area contributed by atoms with Crippen LogP contribution < -0.4 is 0 Å². The molecule has 1 heterocycles. The number of hydrogen-bond acceptors (Lipinski definition) is 6. The quantitative estimate of drug-likeness (QED) is 0.416. The predicted octanol–water partition coefficient (Wildman–Crippen LogP) is 3.93. The molecule has 1 unspecified atom stereocenters. The number of aliphatic hydroxyl groups excluding tert-OH is 1. The Labute approximate surface area is 202 Å². The number of rotatable bonds is 10. The van der Waals surface area contributed by atoms with Crippen LogP contribution in [0.1, 0.15) is 12.6 Å². The van der Waals surface area contributed by atoms with Gasteiger partial charge < -0.3 is 14.7 Å². The molecule has 7 nitrogen and oxygen atoms in total. The number of likely N-dealkylation sites (N-methyl/N-ethyl adjacent to an activating group) is 1. The second-order valence-electron chi connectivity index (χ2n) is 8.23. The van der Waals surface area contributed by atoms with E-state index in [2.05, 4.69) is 5.10 Å². The van der Waals surface area contributed by atoms with Gasteiger partial charge in [0.05, 0.1) is 29.5 Å². The largest absolute Gasteiger partial charge is 0.435 e. The number of benzene rings is 2. The SMILES string of the molecule is CCS(=O)(=O)c1cccc(-c2ccc(-c3cc(C(F)(F)F)nn3CC(O)OCCN(C)C)cc2)c1. The lowest BCUT2D eigenvalue weighted by molar-refractivity contribution is -0.142. The molecular weight excluding hydrogens is 483 g/mol. The highest BCUT2D eigenvalue weighted by molar-refractivity contribution is 7.91. The average Bonchev–Trinajstić information content (AvgIpc) is 3.23. The van der Waals surface area contributed by atoms with Gasteiger partial charge in [0.2, 0.25) is 0 Å². The maximum absolute atomic E-state index is 13.4. The lowest BCUT2D eigenvalue weighted by Crippen LogP contribution is -2.26. The minimum atomic E-state index is -4.65. The van der Waals surface area contributed by atoms with E-state index in [-0.39, 0.29) is 29.5 Å². The number of halogens is 3. The number of aliphatic hydroxyl groups is 1. The molecule has 1 atom stereocenters. The van der Waals surface area contributed by atoms with Gasteiger partial charge in [0.1, 0.15) is 0 Å². The molecule has 0 fully saturated rings. The predicted molar refractivity (Wildman–Crippen MR) is 126 cm³/mol. The van der Waals surface area contributed by atoms with Crippen LogP contribution in [0, 0.1) is 0 Å². The van der Waals surface area contributed by atoms with Crippen LogP contribution in [0.3, 0.4) is 0 Å². The lowest BCUT2D eigenvalue weighted by atomic mass is 10.0. The Kier molecular flexibility index (Phi) is 8.37. The van der Waals surface area contributed by atoms with Crippen LogP contribution in [0.4, 0.5) is 13.2 Å². The molecule has 0 spiro atoms. The first-order valence-corrected chi connectivity index (χ1v) is 12.6. The van der Waals surface area contributed by atoms with Gasteiger partial charge in [-0.3, -0.25) is 4.68 Å². The summed E-state index contributed by atoms with van der Waals surface area (Å²) in [5, 5.41) is 13.8. The van der Waals surface area contributed by atoms with E-state index >= 15 is 0 Å². The Balaban J connectivity index is 1.89. The number of sulfone groups is 1. The second kappa shape index (κ2) is 10.9. The van der Waals surface area contributed by atoms with Gasteiger partial charge in [-0.25, -0.2) is 8.42 Å². The summed E-state index contributed by atoms with van der Waals surface area (Å²) in [6, 6.07) is 14.1. The zero-order valence-electron chi connectivity index (χ0n) is 19.7. The first-order chi connectivity index (χ1) is 16.4. The summed E-state index contributed by atoms with van der Waals surface area (Å²) in [5.74, 6) is -0.0222. The van der Waals surface area contributed by atoms with Crippen molar-refractivity contribution in [1.82, 2.24) is 14.7 Å². The van der Waals surface area contributed by atoms with E-state index in [1.165, 1.54) is 6.07 Å². The van der Waals surface area contributed by atoms with Crippen molar-refractivity contribution < 1.29 is 31.4 Å². The summed E-state index contributed by atoms with van der Waals surface area (Å²) in [6.07, 6.45) is -5.99. The standard InChI is InChI=1S/C24H28F3N3O4S/c1-4-35(32,33)20-7-5-6-19(14-20)17-8-10-18(11-9-17)21-15-22(24(25,26)27)28-30(21)16-23(31)34-13-12-29(2)3/h5-11,14-15,23,31H,4,12-13,16H2,1-3H3. The molecule has 0 aliphatic carbocycles. The number of nitrogens with zero attached hydrogens (tertiary/aromatic N) is 3. The van der Waals surface area contributed by atoms with Crippen molar-refractivity contribution in [2.45, 2.75) is 30.8 Å². The molecule has 11 heteroatoms. The van der Waals surface area contributed by atoms with Crippen LogP contribution in [0.15, 0.2) is 59.5 Å². The Morgan fingerprint density at radius 1 is 1.06 bits per heavy atom. The number of ether oxygens (including phenoxy) is 1. The van der Waals surface area contributed by atoms with Crippen molar-refractivity contribution in [2.24, 2.45) is 0 Å². The van der Waals surface area contributed by atoms with E-state index in [1.807, 2.05) is 19.0 Å². The minimum absolute atomic E-state index is 0.0222. The van der Waals surface area contributed by atoms with Gasteiger partial charge in [-0.05, 0) is 49.0 Å². The summed E-state index contributed by atoms with van der Waals surface area (Å²) in [6.45, 7) is 2.04. The van der Waals surface area contributed by atoms with Crippen molar-refractivity contribution in [3.63, 3.8) is 0 Å². The Morgan fingerprint density at radius 3 is 2.31 bits per heavy atom. The highest BCUT2D eigenvalue weighted by atomic mass is 32.2. The fourth-order valence-electron chi connectivity index (χ4n) is 3.37. The second-order valence-corrected chi connectivity index (χ2v) is 10.5. The topological polar surface area (TPSA) is 84.7 Å². The highest BCUT2D eigenvalue weighted by Crippen LogP contribution is 2.33. The molecule has 190 valence electrons. The van der Waals surface area contributed by atoms with Crippen LogP contribution in [-0.4, -0.2) is 67.5 Å². The van der Waals surface area contributed by atoms with E-state index in [0.717, 1.165) is 10.7 Å². The third-order valence-corrected chi connectivity index (χ3v) is 7.07. The van der Waals surface area contributed by atoms with Gasteiger partial charge in [0, 0.05) is 6.54 Å². The minimum Gasteiger partial charge on any atom is -0.366 e. The lowest BCUT2D eigenvalue weighted by Gasteiger charge is -2.16. The molecule has 0 aliphatic heterocycles. The summed E-state index contributed by atoms with van der Waals surface area (Å²) in [7, 11) is 0.290. The van der Waals surface area contributed by atoms with E-state index in [9.17, 15) is 26.7 Å². The van der Waals surface area contributed by atoms with Crippen molar-refractivity contribution in [1.29, 1.82) is 0 Å². The first-order valence-electron chi connectivity index (χ1n) is 10.9. The van der Waals surface area contributed by atoms with Crippen LogP contribution in [-0.2, 0) is 27.3 Å². The number of alkyl halides is 3. The molecule has 2 aromatic carbocycles. The van der Waals surface area contributed by atoms with Crippen molar-refractivity contribution >= 4 is 9.84 Å². The van der Waals surface area contributed by atoms with Crippen LogP contribution in [0.2, 0.25) is 0 Å². The highest BCUT2D eigenvalue weighted by Gasteiger charge is 2.35. The smallest absolute Gasteiger partial charge is 0.366 e. The third-order valence-electron chi connectivity index (χ3n) is 5.34. The zero-order chi connectivity index (χ0) is 25.8. The van der Waals surface area contributed by atoms with Gasteiger partial charge in [-0.15, -0.1) is 0 Å². The van der Waals surface area contributed by atoms with Crippen LogP contribution in [0.25, 0.3) is 22.4 Å². The van der Waals surface area contributed by atoms with Crippen LogP contribution >= 0.6 is 0 Å². The molecule has 0 aliphatic rings. The zero-order valence-corrected chi connectivity index (χ0v) is 20.5. The molecule has 1 aromatic heterocycles. The maximum atomic E-state index is 13.4. The number of aromatic nitrogens is 2. The van der Waals surface area contributed by atoms with E-state index in [4.69, 9.17) is 4.74 Å². The average molecular weight is 512 g/mol. The fraction of sp³-hybridized carbons (Fsp3) is 0.375. The fourth-order valence-corrected chi connectivity index (χ4v) is 4.29. The molecule has 0 saturated heterocycles. The summed E-state index contributed by atoms with van der Waals surface area (Å²) in [4.78, 5) is 2.06. The summed E-state index contributed by atoms with van der Waals surface area (Å²) >= 11 is 0. The third kappa shape index (κ3) is 6.91. The van der Waals surface area contributed by atoms with Crippen molar-refractivity contribution in [2.75, 3.05) is 33.0 Å². The van der Waals surface area contributed by atoms with E-state index < -0.39 is 28.0 Å². The van der Waals surface area contributed by atoms with Gasteiger partial charge in [-0.1, -0.05) is 43.3 Å². The van der Waals surface area contributed by atoms with Gasteiger partial charge >= 0.3 is 6.18 Å². The molecule has 1 N–H and O–H groups in total. The summed E-state index contributed by atoms with van der Waals surface area (Å²) in [5.41, 5.74) is 0.918. The molecule has 0 saturated carbocycles. The van der Waals surface area contributed by atoms with Crippen molar-refractivity contribution in [3.05, 3.63) is 60.3 Å². The molecule has 0 radical (unpaired) electrons. The Hall–Kier alpha value is -2.73. The van der Waals surface area contributed by atoms with Crippen LogP contribution in [0.5, 0.6) is 0 Å². The Morgan fingerprint density at radius 2 is 1.71 bits per heavy atom. The summed E-state index contributed by atoms with van der Waals surface area (Å²) < 4.78 is 70.8. The molecule has 3 aromatic rings. The molecule has 35 heavy (non-hydrogen) atoms. The molecule has 0 amide bonds. The maximum Gasteiger partial charge on any atom is 0.435 e. The number of hydrogen-bond donors (Lipinski definition) is 1. The van der Waals surface area contributed by atoms with E-state index in [0.29, 0.717) is 23.2 Å². The Bertz CT molecular complexity index is 1240. The van der Waals surface area contributed by atoms with Gasteiger partial charge in [0.25, 0.3) is 0 Å². The van der Waals surface area contributed by atoms with Gasteiger partial charge in [0.15, 0.2) is 21.8 Å². The normalized spacial score (nSPS) is 13.4. The van der Waals surface area contributed by atoms with Gasteiger partial charge in [-0.2, -0.15) is 18.3 Å². The van der Waals surface area contributed by atoms with E-state index in [1.54, 1.807) is 49.4 Å².